The second-order valence-electron chi connectivity index (χ2n) is 6.71. The molecule has 1 unspecified atom stereocenters. The molecule has 0 aromatic heterocycles. The van der Waals surface area contributed by atoms with Crippen LogP contribution in [0.15, 0.2) is 12.2 Å². The maximum absolute atomic E-state index is 10.0. The van der Waals surface area contributed by atoms with Crippen LogP contribution in [-0.4, -0.2) is 127 Å². The van der Waals surface area contributed by atoms with E-state index >= 15 is 0 Å². The lowest BCUT2D eigenvalue weighted by Gasteiger charge is -2.45. The molecule has 2 fully saturated rings. The summed E-state index contributed by atoms with van der Waals surface area (Å²) >= 11 is 0. The first-order valence-electron chi connectivity index (χ1n) is 8.90. The van der Waals surface area contributed by atoms with Crippen molar-refractivity contribution in [2.75, 3.05) is 13.2 Å². The smallest absolute Gasteiger partial charge is 0.250 e. The molecule has 0 spiro atoms. The van der Waals surface area contributed by atoms with E-state index in [1.165, 1.54) is 12.2 Å². The fraction of sp³-hybridized carbons (Fsp3) is 0.750. The average Bonchev–Trinajstić information content (AvgIpc) is 3.11. The van der Waals surface area contributed by atoms with Crippen molar-refractivity contribution in [1.82, 2.24) is 5.32 Å². The van der Waals surface area contributed by atoms with E-state index in [-0.39, 0.29) is 11.8 Å². The minimum Gasteiger partial charge on any atom is -0.394 e. The third kappa shape index (κ3) is 5.57. The largest absolute Gasteiger partial charge is 0.394 e. The summed E-state index contributed by atoms with van der Waals surface area (Å²) in [4.78, 5) is 20.1. The molecule has 14 heteroatoms. The monoisotopic (exact) mass is 439 g/mol. The van der Waals surface area contributed by atoms with Gasteiger partial charge in [0.15, 0.2) is 12.6 Å². The van der Waals surface area contributed by atoms with Crippen LogP contribution in [0.4, 0.5) is 0 Å². The van der Waals surface area contributed by atoms with Crippen LogP contribution in [0, 0.1) is 0 Å². The molecule has 2 saturated heterocycles. The van der Waals surface area contributed by atoms with Gasteiger partial charge in [0.1, 0.15) is 48.8 Å². The van der Waals surface area contributed by atoms with E-state index in [1.807, 2.05) is 5.32 Å². The zero-order valence-corrected chi connectivity index (χ0v) is 15.5. The van der Waals surface area contributed by atoms with Crippen molar-refractivity contribution < 1.29 is 64.7 Å². The highest BCUT2D eigenvalue weighted by Crippen LogP contribution is 2.28. The highest BCUT2D eigenvalue weighted by molar-refractivity contribution is 6.12. The van der Waals surface area contributed by atoms with Gasteiger partial charge in [-0.05, 0) is 0 Å². The van der Waals surface area contributed by atoms with Crippen LogP contribution >= 0.6 is 0 Å². The number of nitrogens with one attached hydrogen (secondary N) is 1. The summed E-state index contributed by atoms with van der Waals surface area (Å²) in [7, 11) is 0. The summed E-state index contributed by atoms with van der Waals surface area (Å²) in [6.07, 6.45) is -13.2. The van der Waals surface area contributed by atoms with Gasteiger partial charge in [0.2, 0.25) is 0 Å². The molecule has 10 atom stereocenters. The Balaban J connectivity index is 0.000000386. The molecule has 3 aliphatic rings. The lowest BCUT2D eigenvalue weighted by Crippen LogP contribution is -2.64. The highest BCUT2D eigenvalue weighted by atomic mass is 16.7. The molecule has 0 aliphatic carbocycles. The van der Waals surface area contributed by atoms with E-state index in [0.717, 1.165) is 0 Å². The Bertz CT molecular complexity index is 610. The Hall–Kier alpha value is -1.56. The minimum absolute atomic E-state index is 0.329. The number of amides is 2. The molecule has 0 saturated carbocycles. The minimum atomic E-state index is -1.74. The van der Waals surface area contributed by atoms with Crippen molar-refractivity contribution in [1.29, 1.82) is 0 Å². The molecule has 2 amide bonds. The molecule has 3 heterocycles. The predicted octanol–water partition coefficient (Wildman–Crippen LogP) is -6.20. The molecule has 0 aromatic rings. The van der Waals surface area contributed by atoms with E-state index in [2.05, 4.69) is 0 Å². The normalized spacial score (nSPS) is 43.7. The number of hydrogen-bond donors (Lipinski definition) is 9. The highest BCUT2D eigenvalue weighted by Gasteiger charge is 2.50. The van der Waals surface area contributed by atoms with Crippen LogP contribution in [0.2, 0.25) is 0 Å². The quantitative estimate of drug-likeness (QED) is 0.186. The Morgan fingerprint density at radius 2 is 1.33 bits per heavy atom. The zero-order valence-electron chi connectivity index (χ0n) is 15.5. The number of carbonyl (C=O) groups excluding carboxylic acids is 2. The summed E-state index contributed by atoms with van der Waals surface area (Å²) in [5.41, 5.74) is 0. The standard InChI is InChI=1S/C12H22O11.C4H3NO2/c13-1-3-5(15)6(16)9(19)12(22-3)23-10-4(2-14)21-11(20)8(18)7(10)17;6-3-1-2-4(7)5-3/h3-20H,1-2H2;1-2H,(H,5,6,7)/t3-,4-,5+,6+,7-,8-,9-,10-,11?,12+;/m1./s1. The van der Waals surface area contributed by atoms with Gasteiger partial charge in [-0.25, -0.2) is 0 Å². The van der Waals surface area contributed by atoms with Crippen LogP contribution in [-0.2, 0) is 23.8 Å². The number of aliphatic hydroxyl groups excluding tert-OH is 8. The first-order valence-corrected chi connectivity index (χ1v) is 8.90. The molecule has 0 bridgehead atoms. The van der Waals surface area contributed by atoms with E-state index in [4.69, 9.17) is 19.3 Å². The van der Waals surface area contributed by atoms with E-state index in [9.17, 15) is 45.3 Å². The second-order valence-corrected chi connectivity index (χ2v) is 6.71. The van der Waals surface area contributed by atoms with Gasteiger partial charge in [-0.3, -0.25) is 14.9 Å². The van der Waals surface area contributed by atoms with Crippen molar-refractivity contribution in [3.8, 4) is 0 Å². The fourth-order valence-electron chi connectivity index (χ4n) is 2.93. The van der Waals surface area contributed by atoms with Crippen LogP contribution in [0.3, 0.4) is 0 Å². The number of ether oxygens (including phenoxy) is 3. The Labute approximate surface area is 169 Å². The maximum atomic E-state index is 10.0. The molecular formula is C16H25NO13. The van der Waals surface area contributed by atoms with Crippen molar-refractivity contribution in [2.45, 2.75) is 61.4 Å². The molecule has 0 radical (unpaired) electrons. The number of rotatable bonds is 4. The second kappa shape index (κ2) is 10.7. The lowest BCUT2D eigenvalue weighted by molar-refractivity contribution is -0.355. The summed E-state index contributed by atoms with van der Waals surface area (Å²) < 4.78 is 15.3. The van der Waals surface area contributed by atoms with E-state index < -0.39 is 74.6 Å². The number of carbonyl (C=O) groups is 2. The molecule has 3 rings (SSSR count). The van der Waals surface area contributed by atoms with Crippen molar-refractivity contribution in [3.05, 3.63) is 12.2 Å². The molecule has 172 valence electrons. The number of aliphatic hydroxyl groups is 8. The van der Waals surface area contributed by atoms with E-state index in [0.29, 0.717) is 0 Å². The molecule has 0 aromatic carbocycles. The summed E-state index contributed by atoms with van der Waals surface area (Å²) in [5, 5.41) is 78.5. The fourth-order valence-corrected chi connectivity index (χ4v) is 2.93. The first kappa shape index (κ1) is 24.7. The van der Waals surface area contributed by atoms with Crippen LogP contribution in [0.1, 0.15) is 0 Å². The van der Waals surface area contributed by atoms with Crippen molar-refractivity contribution in [2.24, 2.45) is 0 Å². The maximum Gasteiger partial charge on any atom is 0.250 e. The lowest BCUT2D eigenvalue weighted by atomic mass is 9.97. The Kier molecular flexibility index (Phi) is 8.77. The number of hydrogen-bond acceptors (Lipinski definition) is 13. The van der Waals surface area contributed by atoms with Gasteiger partial charge in [0.05, 0.1) is 13.2 Å². The summed E-state index contributed by atoms with van der Waals surface area (Å²) in [5.74, 6) is -0.657. The van der Waals surface area contributed by atoms with E-state index in [1.54, 1.807) is 0 Å². The third-order valence-corrected chi connectivity index (χ3v) is 4.61. The van der Waals surface area contributed by atoms with Gasteiger partial charge in [-0.2, -0.15) is 0 Å². The third-order valence-electron chi connectivity index (χ3n) is 4.61. The first-order chi connectivity index (χ1) is 14.1. The predicted molar refractivity (Wildman–Crippen MR) is 90.9 cm³/mol. The molecule has 9 N–H and O–H groups in total. The van der Waals surface area contributed by atoms with Crippen LogP contribution < -0.4 is 5.32 Å². The molecule has 14 nitrogen and oxygen atoms in total. The van der Waals surface area contributed by atoms with Crippen molar-refractivity contribution >= 4 is 11.8 Å². The summed E-state index contributed by atoms with van der Waals surface area (Å²) in [6, 6.07) is 0. The van der Waals surface area contributed by atoms with Gasteiger partial charge >= 0.3 is 0 Å². The molecular weight excluding hydrogens is 414 g/mol. The summed E-state index contributed by atoms with van der Waals surface area (Å²) in [6.45, 7) is -1.35. The van der Waals surface area contributed by atoms with Gasteiger partial charge < -0.3 is 55.1 Å². The molecule has 30 heavy (non-hydrogen) atoms. The van der Waals surface area contributed by atoms with Crippen LogP contribution in [0.5, 0.6) is 0 Å². The topological polar surface area (TPSA) is 236 Å². The van der Waals surface area contributed by atoms with Gasteiger partial charge in [0.25, 0.3) is 11.8 Å². The van der Waals surface area contributed by atoms with Crippen LogP contribution in [0.25, 0.3) is 0 Å². The Morgan fingerprint density at radius 3 is 1.80 bits per heavy atom. The van der Waals surface area contributed by atoms with Gasteiger partial charge in [-0.1, -0.05) is 0 Å². The average molecular weight is 439 g/mol. The van der Waals surface area contributed by atoms with Gasteiger partial charge in [0, 0.05) is 12.2 Å². The van der Waals surface area contributed by atoms with Crippen molar-refractivity contribution in [3.63, 3.8) is 0 Å². The van der Waals surface area contributed by atoms with Gasteiger partial charge in [-0.15, -0.1) is 0 Å². The Morgan fingerprint density at radius 1 is 0.767 bits per heavy atom. The SMILES string of the molecule is O=C1C=CC(=O)N1.OC[C@H]1O[C@@H](O[C@H]2[C@H](O)[C@@H](O)C(O)O[C@@H]2CO)[C@H](O)[C@@H](O)[C@H]1O. The molecule has 3 aliphatic heterocycles. The number of imide groups is 1. The zero-order chi connectivity index (χ0) is 22.6.